The fourth-order valence-electron chi connectivity index (χ4n) is 2.05. The van der Waals surface area contributed by atoms with Crippen molar-refractivity contribution >= 4 is 5.69 Å². The normalized spacial score (nSPS) is 14.9. The molecule has 1 aliphatic rings. The lowest BCUT2D eigenvalue weighted by Crippen LogP contribution is -2.37. The van der Waals surface area contributed by atoms with Gasteiger partial charge in [-0.3, -0.25) is 0 Å². The Bertz CT molecular complexity index is 535. The van der Waals surface area contributed by atoms with Crippen LogP contribution in [0.3, 0.4) is 0 Å². The first-order valence-corrected chi connectivity index (χ1v) is 5.79. The number of rotatable bonds is 3. The predicted octanol–water partition coefficient (Wildman–Crippen LogP) is 2.42. The highest BCUT2D eigenvalue weighted by Gasteiger charge is 2.22. The van der Waals surface area contributed by atoms with E-state index in [2.05, 4.69) is 10.3 Å². The van der Waals surface area contributed by atoms with Gasteiger partial charge in [0.05, 0.1) is 18.1 Å². The zero-order valence-corrected chi connectivity index (χ0v) is 9.63. The molecule has 1 aromatic carbocycles. The van der Waals surface area contributed by atoms with Crippen LogP contribution in [0.5, 0.6) is 0 Å². The van der Waals surface area contributed by atoms with E-state index in [4.69, 9.17) is 0 Å². The van der Waals surface area contributed by atoms with Crippen molar-refractivity contribution in [1.82, 2.24) is 15.0 Å². The Balaban J connectivity index is 2.02. The number of hydrogen-bond acceptors (Lipinski definition) is 3. The second kappa shape index (κ2) is 4.36. The largest absolute Gasteiger partial charge is 0.371 e. The molecule has 2 aromatic rings. The zero-order valence-electron chi connectivity index (χ0n) is 9.63. The zero-order chi connectivity index (χ0) is 12.5. The topological polar surface area (TPSA) is 34.0 Å². The maximum atomic E-state index is 13.1. The highest BCUT2D eigenvalue weighted by atomic mass is 19.3. The van der Waals surface area contributed by atoms with Crippen LogP contribution in [0.4, 0.5) is 14.5 Å². The van der Waals surface area contributed by atoms with Gasteiger partial charge in [0.15, 0.2) is 0 Å². The molecule has 3 rings (SSSR count). The molecule has 0 bridgehead atoms. The molecule has 2 heterocycles. The third-order valence-corrected chi connectivity index (χ3v) is 3.13. The van der Waals surface area contributed by atoms with E-state index in [1.807, 2.05) is 4.90 Å². The molecular weight excluding hydrogens is 238 g/mol. The fraction of sp³-hybridized carbons (Fsp3) is 0.333. The van der Waals surface area contributed by atoms with Crippen LogP contribution >= 0.6 is 0 Å². The van der Waals surface area contributed by atoms with Crippen LogP contribution < -0.4 is 4.90 Å². The third kappa shape index (κ3) is 1.83. The highest BCUT2D eigenvalue weighted by molar-refractivity contribution is 5.59. The maximum Gasteiger partial charge on any atom is 0.265 e. The summed E-state index contributed by atoms with van der Waals surface area (Å²) in [6, 6.07) is 5.00. The number of anilines is 1. The highest BCUT2D eigenvalue weighted by Crippen LogP contribution is 2.33. The number of benzene rings is 1. The van der Waals surface area contributed by atoms with Crippen LogP contribution in [0, 0.1) is 0 Å². The molecule has 18 heavy (non-hydrogen) atoms. The summed E-state index contributed by atoms with van der Waals surface area (Å²) in [5.74, 6) is 0. The molecule has 0 atom stereocenters. The van der Waals surface area contributed by atoms with Gasteiger partial charge in [0.1, 0.15) is 0 Å². The Kier molecular flexibility index (Phi) is 2.70. The lowest BCUT2D eigenvalue weighted by atomic mass is 10.1. The summed E-state index contributed by atoms with van der Waals surface area (Å²) in [4.78, 5) is 1.96. The van der Waals surface area contributed by atoms with E-state index in [0.29, 0.717) is 11.4 Å². The van der Waals surface area contributed by atoms with Gasteiger partial charge in [-0.15, -0.1) is 5.10 Å². The molecule has 0 saturated carbocycles. The second-order valence-corrected chi connectivity index (χ2v) is 4.23. The van der Waals surface area contributed by atoms with Crippen molar-refractivity contribution in [1.29, 1.82) is 0 Å². The number of halogens is 2. The molecule has 1 saturated heterocycles. The van der Waals surface area contributed by atoms with Gasteiger partial charge in [0.2, 0.25) is 0 Å². The molecule has 0 radical (unpaired) electrons. The summed E-state index contributed by atoms with van der Waals surface area (Å²) in [6.45, 7) is 1.70. The molecule has 0 unspecified atom stereocenters. The predicted molar refractivity (Wildman–Crippen MR) is 63.1 cm³/mol. The molecule has 0 aliphatic carbocycles. The smallest absolute Gasteiger partial charge is 0.265 e. The quantitative estimate of drug-likeness (QED) is 0.839. The van der Waals surface area contributed by atoms with Crippen molar-refractivity contribution in [3.05, 3.63) is 36.2 Å². The Labute approximate surface area is 103 Å². The molecule has 4 nitrogen and oxygen atoms in total. The Hall–Kier alpha value is -1.98. The minimum Gasteiger partial charge on any atom is -0.371 e. The van der Waals surface area contributed by atoms with Gasteiger partial charge < -0.3 is 4.90 Å². The molecule has 6 heteroatoms. The minimum absolute atomic E-state index is 0.0581. The van der Waals surface area contributed by atoms with Crippen LogP contribution in [-0.4, -0.2) is 28.1 Å². The van der Waals surface area contributed by atoms with Crippen LogP contribution in [0.1, 0.15) is 18.4 Å². The summed E-state index contributed by atoms with van der Waals surface area (Å²) in [6.07, 6.45) is 1.73. The minimum atomic E-state index is -2.48. The molecular formula is C12H12F2N4. The van der Waals surface area contributed by atoms with Crippen LogP contribution in [0.15, 0.2) is 30.6 Å². The van der Waals surface area contributed by atoms with E-state index < -0.39 is 6.43 Å². The summed E-state index contributed by atoms with van der Waals surface area (Å²) >= 11 is 0. The summed E-state index contributed by atoms with van der Waals surface area (Å²) in [5.41, 5.74) is 1.29. The van der Waals surface area contributed by atoms with Gasteiger partial charge >= 0.3 is 0 Å². The SMILES string of the molecule is FC(F)c1cc(-n2ccnn2)ccc1N1CCC1. The number of nitrogens with zero attached hydrogens (tertiary/aromatic N) is 4. The van der Waals surface area contributed by atoms with E-state index in [0.717, 1.165) is 19.5 Å². The standard InChI is InChI=1S/C12H12F2N4/c13-12(14)10-8-9(18-7-4-15-16-18)2-3-11(10)17-5-1-6-17/h2-4,7-8,12H,1,5-6H2. The molecule has 1 fully saturated rings. The van der Waals surface area contributed by atoms with Crippen molar-refractivity contribution in [2.75, 3.05) is 18.0 Å². The molecule has 0 N–H and O–H groups in total. The fourth-order valence-corrected chi connectivity index (χ4v) is 2.05. The number of aromatic nitrogens is 3. The monoisotopic (exact) mass is 250 g/mol. The molecule has 94 valence electrons. The molecule has 0 spiro atoms. The Morgan fingerprint density at radius 2 is 2.06 bits per heavy atom. The summed E-state index contributed by atoms with van der Waals surface area (Å²) < 4.78 is 27.7. The van der Waals surface area contributed by atoms with Gasteiger partial charge in [-0.1, -0.05) is 5.21 Å². The van der Waals surface area contributed by atoms with E-state index in [-0.39, 0.29) is 5.56 Å². The average Bonchev–Trinajstić information content (AvgIpc) is 2.80. The first kappa shape index (κ1) is 11.1. The molecule has 1 aromatic heterocycles. The molecule has 0 amide bonds. The van der Waals surface area contributed by atoms with Crippen molar-refractivity contribution < 1.29 is 8.78 Å². The second-order valence-electron chi connectivity index (χ2n) is 4.23. The van der Waals surface area contributed by atoms with Crippen LogP contribution in [0.25, 0.3) is 5.69 Å². The first-order chi connectivity index (χ1) is 8.75. The summed E-state index contributed by atoms with van der Waals surface area (Å²) in [5, 5.41) is 7.48. The average molecular weight is 250 g/mol. The lowest BCUT2D eigenvalue weighted by Gasteiger charge is -2.34. The Morgan fingerprint density at radius 3 is 2.61 bits per heavy atom. The van der Waals surface area contributed by atoms with Crippen molar-refractivity contribution in [2.24, 2.45) is 0 Å². The van der Waals surface area contributed by atoms with Crippen molar-refractivity contribution in [2.45, 2.75) is 12.8 Å². The lowest BCUT2D eigenvalue weighted by molar-refractivity contribution is 0.151. The number of hydrogen-bond donors (Lipinski definition) is 0. The van der Waals surface area contributed by atoms with E-state index in [9.17, 15) is 8.78 Å². The van der Waals surface area contributed by atoms with Crippen molar-refractivity contribution in [3.63, 3.8) is 0 Å². The van der Waals surface area contributed by atoms with E-state index in [1.54, 1.807) is 18.3 Å². The summed E-state index contributed by atoms with van der Waals surface area (Å²) in [7, 11) is 0. The van der Waals surface area contributed by atoms with E-state index in [1.165, 1.54) is 16.9 Å². The number of alkyl halides is 2. The Morgan fingerprint density at radius 1 is 1.22 bits per heavy atom. The first-order valence-electron chi connectivity index (χ1n) is 5.79. The van der Waals surface area contributed by atoms with E-state index >= 15 is 0 Å². The maximum absolute atomic E-state index is 13.1. The van der Waals surface area contributed by atoms with Crippen LogP contribution in [0.2, 0.25) is 0 Å². The van der Waals surface area contributed by atoms with Gasteiger partial charge in [-0.25, -0.2) is 13.5 Å². The van der Waals surface area contributed by atoms with Crippen molar-refractivity contribution in [3.8, 4) is 5.69 Å². The third-order valence-electron chi connectivity index (χ3n) is 3.13. The van der Waals surface area contributed by atoms with Gasteiger partial charge in [0.25, 0.3) is 6.43 Å². The van der Waals surface area contributed by atoms with Gasteiger partial charge in [0, 0.05) is 24.3 Å². The molecule has 1 aliphatic heterocycles. The van der Waals surface area contributed by atoms with Crippen LogP contribution in [-0.2, 0) is 0 Å². The van der Waals surface area contributed by atoms with Gasteiger partial charge in [-0.2, -0.15) is 0 Å². The van der Waals surface area contributed by atoms with Gasteiger partial charge in [-0.05, 0) is 24.6 Å².